The molecule has 1 heterocycles. The molecule has 0 saturated carbocycles. The van der Waals surface area contributed by atoms with E-state index < -0.39 is 12.1 Å². The number of hydrogen-bond donors (Lipinski definition) is 2. The second kappa shape index (κ2) is 10.2. The van der Waals surface area contributed by atoms with Gasteiger partial charge < -0.3 is 19.7 Å². The Morgan fingerprint density at radius 2 is 1.97 bits per heavy atom. The molecule has 1 aliphatic heterocycles. The van der Waals surface area contributed by atoms with Crippen LogP contribution >= 0.6 is 11.8 Å². The highest BCUT2D eigenvalue weighted by Crippen LogP contribution is 2.47. The Morgan fingerprint density at radius 3 is 2.65 bits per heavy atom. The molecule has 1 aliphatic rings. The van der Waals surface area contributed by atoms with Crippen molar-refractivity contribution in [2.45, 2.75) is 43.6 Å². The van der Waals surface area contributed by atoms with E-state index in [2.05, 4.69) is 25.7 Å². The van der Waals surface area contributed by atoms with Crippen molar-refractivity contribution in [3.8, 4) is 17.6 Å². The van der Waals surface area contributed by atoms with Gasteiger partial charge in [0.25, 0.3) is 0 Å². The Balaban J connectivity index is 1.87. The molecular weight excluding hydrogens is 412 g/mol. The topological polar surface area (TPSA) is 76.0 Å². The third kappa shape index (κ3) is 5.82. The first-order valence-corrected chi connectivity index (χ1v) is 11.3. The Kier molecular flexibility index (Phi) is 7.66. The summed E-state index contributed by atoms with van der Waals surface area (Å²) in [6.45, 7) is 7.99. The number of aromatic carboxylic acids is 1. The number of ether oxygens (including phenoxy) is 2. The van der Waals surface area contributed by atoms with Crippen LogP contribution in [0.5, 0.6) is 5.75 Å². The van der Waals surface area contributed by atoms with Gasteiger partial charge in [0, 0.05) is 22.6 Å². The fraction of sp³-hybridized carbons (Fsp3) is 0.400. The predicted octanol–water partition coefficient (Wildman–Crippen LogP) is 4.66. The molecule has 2 aromatic carbocycles. The molecule has 0 amide bonds. The molecule has 1 unspecified atom stereocenters. The fourth-order valence-electron chi connectivity index (χ4n) is 3.49. The highest BCUT2D eigenvalue weighted by Gasteiger charge is 2.32. The van der Waals surface area contributed by atoms with Crippen molar-refractivity contribution in [3.63, 3.8) is 0 Å². The summed E-state index contributed by atoms with van der Waals surface area (Å²) in [4.78, 5) is 12.1. The van der Waals surface area contributed by atoms with Crippen LogP contribution in [-0.2, 0) is 10.2 Å². The summed E-state index contributed by atoms with van der Waals surface area (Å²) in [6.07, 6.45) is 0.0740. The average Bonchev–Trinajstić information content (AvgIpc) is 2.74. The van der Waals surface area contributed by atoms with Crippen LogP contribution in [0.25, 0.3) is 0 Å². The van der Waals surface area contributed by atoms with Crippen LogP contribution in [-0.4, -0.2) is 41.8 Å². The Labute approximate surface area is 187 Å². The number of benzene rings is 2. The summed E-state index contributed by atoms with van der Waals surface area (Å²) in [5, 5.41) is 19.7. The number of carboxylic acids is 1. The van der Waals surface area contributed by atoms with Gasteiger partial charge in [0.05, 0.1) is 12.2 Å². The summed E-state index contributed by atoms with van der Waals surface area (Å²) < 4.78 is 11.5. The third-order valence-electron chi connectivity index (χ3n) is 5.24. The van der Waals surface area contributed by atoms with Crippen molar-refractivity contribution in [1.82, 2.24) is 0 Å². The zero-order valence-electron chi connectivity index (χ0n) is 18.1. The van der Waals surface area contributed by atoms with E-state index in [1.54, 1.807) is 23.9 Å². The maximum absolute atomic E-state index is 11.0. The monoisotopic (exact) mass is 440 g/mol. The van der Waals surface area contributed by atoms with E-state index in [-0.39, 0.29) is 11.0 Å². The largest absolute Gasteiger partial charge is 0.491 e. The molecule has 0 aromatic heterocycles. The SMILES string of the molecule is CCOCCOc1cc(C(O)C#Cc2ccc(C(=O)O)cc2)cc2c1C(C)(C)CCS2. The quantitative estimate of drug-likeness (QED) is 0.482. The maximum atomic E-state index is 11.0. The van der Waals surface area contributed by atoms with Crippen LogP contribution in [0.2, 0.25) is 0 Å². The van der Waals surface area contributed by atoms with Crippen LogP contribution < -0.4 is 4.74 Å². The standard InChI is InChI=1S/C25H28O5S/c1-4-29-12-13-30-21-15-19(16-22-23(21)25(2,3)11-14-31-22)20(26)10-7-17-5-8-18(9-6-17)24(27)28/h5-6,8-9,15-16,20,26H,4,11-14H2,1-3H3,(H,27,28). The summed E-state index contributed by atoms with van der Waals surface area (Å²) in [5.74, 6) is 6.59. The molecule has 0 spiro atoms. The van der Waals surface area contributed by atoms with Gasteiger partial charge in [0.1, 0.15) is 18.5 Å². The molecule has 164 valence electrons. The Hall–Kier alpha value is -2.46. The van der Waals surface area contributed by atoms with Crippen molar-refractivity contribution in [2.75, 3.05) is 25.6 Å². The van der Waals surface area contributed by atoms with Gasteiger partial charge in [0.15, 0.2) is 0 Å². The van der Waals surface area contributed by atoms with Crippen LogP contribution in [0.1, 0.15) is 60.3 Å². The lowest BCUT2D eigenvalue weighted by Gasteiger charge is -2.34. The smallest absolute Gasteiger partial charge is 0.335 e. The molecule has 0 radical (unpaired) electrons. The molecule has 2 N–H and O–H groups in total. The Bertz CT molecular complexity index is 985. The van der Waals surface area contributed by atoms with E-state index in [4.69, 9.17) is 14.6 Å². The van der Waals surface area contributed by atoms with Gasteiger partial charge in [-0.3, -0.25) is 0 Å². The fourth-order valence-corrected chi connectivity index (χ4v) is 5.06. The molecule has 1 atom stereocenters. The van der Waals surface area contributed by atoms with E-state index in [1.807, 2.05) is 19.1 Å². The minimum atomic E-state index is -0.982. The zero-order chi connectivity index (χ0) is 22.4. The molecule has 0 aliphatic carbocycles. The molecule has 0 saturated heterocycles. The second-order valence-electron chi connectivity index (χ2n) is 7.97. The van der Waals surface area contributed by atoms with Crippen molar-refractivity contribution in [2.24, 2.45) is 0 Å². The lowest BCUT2D eigenvalue weighted by atomic mass is 9.80. The highest BCUT2D eigenvalue weighted by atomic mass is 32.2. The minimum Gasteiger partial charge on any atom is -0.491 e. The van der Waals surface area contributed by atoms with E-state index in [0.717, 1.165) is 22.8 Å². The number of aliphatic hydroxyl groups excluding tert-OH is 1. The lowest BCUT2D eigenvalue weighted by Crippen LogP contribution is -2.24. The van der Waals surface area contributed by atoms with Crippen LogP contribution in [0, 0.1) is 11.8 Å². The molecule has 2 aromatic rings. The summed E-state index contributed by atoms with van der Waals surface area (Å²) in [5.41, 5.74) is 2.70. The first-order chi connectivity index (χ1) is 14.8. The molecule has 31 heavy (non-hydrogen) atoms. The van der Waals surface area contributed by atoms with Crippen molar-refractivity contribution >= 4 is 17.7 Å². The highest BCUT2D eigenvalue weighted by molar-refractivity contribution is 7.99. The maximum Gasteiger partial charge on any atom is 0.335 e. The van der Waals surface area contributed by atoms with Crippen molar-refractivity contribution < 1.29 is 24.5 Å². The average molecular weight is 441 g/mol. The normalized spacial score (nSPS) is 15.4. The van der Waals surface area contributed by atoms with E-state index in [0.29, 0.717) is 30.9 Å². The van der Waals surface area contributed by atoms with E-state index in [9.17, 15) is 9.90 Å². The number of rotatable bonds is 7. The minimum absolute atomic E-state index is 0.0113. The summed E-state index contributed by atoms with van der Waals surface area (Å²) in [6, 6.07) is 10.2. The van der Waals surface area contributed by atoms with Gasteiger partial charge >= 0.3 is 5.97 Å². The summed E-state index contributed by atoms with van der Waals surface area (Å²) >= 11 is 1.77. The number of fused-ring (bicyclic) bond motifs is 1. The first-order valence-electron chi connectivity index (χ1n) is 10.4. The summed E-state index contributed by atoms with van der Waals surface area (Å²) in [7, 11) is 0. The molecule has 0 fully saturated rings. The van der Waals surface area contributed by atoms with Gasteiger partial charge in [-0.25, -0.2) is 4.79 Å². The van der Waals surface area contributed by atoms with Gasteiger partial charge in [-0.1, -0.05) is 25.7 Å². The van der Waals surface area contributed by atoms with Crippen LogP contribution in [0.4, 0.5) is 0 Å². The predicted molar refractivity (Wildman–Crippen MR) is 122 cm³/mol. The molecular formula is C25H28O5S. The van der Waals surface area contributed by atoms with E-state index in [1.165, 1.54) is 17.7 Å². The van der Waals surface area contributed by atoms with Gasteiger partial charge in [-0.15, -0.1) is 11.8 Å². The number of hydrogen-bond acceptors (Lipinski definition) is 5. The van der Waals surface area contributed by atoms with Gasteiger partial charge in [-0.2, -0.15) is 0 Å². The van der Waals surface area contributed by atoms with Gasteiger partial charge in [0.2, 0.25) is 0 Å². The first kappa shape index (κ1) is 23.2. The molecule has 3 rings (SSSR count). The molecule has 0 bridgehead atoms. The Morgan fingerprint density at radius 1 is 1.23 bits per heavy atom. The van der Waals surface area contributed by atoms with Crippen LogP contribution in [0.3, 0.4) is 0 Å². The number of aliphatic hydroxyl groups is 1. The third-order valence-corrected chi connectivity index (χ3v) is 6.28. The molecule has 6 heteroatoms. The number of carboxylic acid groups (broad SMARTS) is 1. The van der Waals surface area contributed by atoms with Crippen molar-refractivity contribution in [1.29, 1.82) is 0 Å². The van der Waals surface area contributed by atoms with Crippen LogP contribution in [0.15, 0.2) is 41.3 Å². The van der Waals surface area contributed by atoms with Gasteiger partial charge in [-0.05, 0) is 66.5 Å². The second-order valence-corrected chi connectivity index (χ2v) is 9.11. The number of carbonyl (C=O) groups is 1. The van der Waals surface area contributed by atoms with Crippen molar-refractivity contribution in [3.05, 3.63) is 58.7 Å². The van der Waals surface area contributed by atoms with E-state index >= 15 is 0 Å². The lowest BCUT2D eigenvalue weighted by molar-refractivity contribution is 0.0697. The number of thioether (sulfide) groups is 1. The molecule has 5 nitrogen and oxygen atoms in total. The zero-order valence-corrected chi connectivity index (χ0v) is 18.9.